The number of nitrogens with one attached hydrogen (secondary N) is 4. The van der Waals surface area contributed by atoms with E-state index in [2.05, 4.69) is 19.5 Å². The molecule has 0 aliphatic rings. The van der Waals surface area contributed by atoms with E-state index < -0.39 is 41.8 Å². The third-order valence-electron chi connectivity index (χ3n) is 4.44. The van der Waals surface area contributed by atoms with Crippen molar-refractivity contribution in [3.05, 3.63) is 0 Å². The van der Waals surface area contributed by atoms with E-state index in [1.54, 1.807) is 0 Å². The minimum atomic E-state index is -1.07. The summed E-state index contributed by atoms with van der Waals surface area (Å²) >= 11 is 1.88. The minimum Gasteiger partial charge on any atom is -0.480 e. The van der Waals surface area contributed by atoms with Gasteiger partial charge in [0.1, 0.15) is 24.4 Å². The van der Waals surface area contributed by atoms with Gasteiger partial charge in [0.15, 0.2) is 0 Å². The Kier molecular flexibility index (Phi) is 18.5. The largest absolute Gasteiger partial charge is 0.480 e. The second kappa shape index (κ2) is 19.2. The molecule has 0 aromatic heterocycles. The second-order valence-electron chi connectivity index (χ2n) is 7.01. The van der Waals surface area contributed by atoms with Crippen LogP contribution in [0.4, 0.5) is 0 Å². The number of unbranched alkanes of at least 4 members (excludes halogenated alkanes) is 1. The Morgan fingerprint density at radius 1 is 1.03 bits per heavy atom. The summed E-state index contributed by atoms with van der Waals surface area (Å²) in [5.74, 6) is -2.17. The van der Waals surface area contributed by atoms with Crippen LogP contribution >= 0.6 is 44.5 Å². The number of halogens is 1. The number of nitrogens with two attached hydrogens (primary N) is 2. The average Bonchev–Trinajstić information content (AvgIpc) is 2.77. The highest BCUT2D eigenvalue weighted by molar-refractivity contribution is 14.1. The zero-order valence-electron chi connectivity index (χ0n) is 18.4. The monoisotopic (exact) mass is 620 g/mol. The van der Waals surface area contributed by atoms with E-state index in [1.807, 2.05) is 22.9 Å². The van der Waals surface area contributed by atoms with Gasteiger partial charge in [0, 0.05) is 40.8 Å². The van der Waals surface area contributed by atoms with Gasteiger partial charge in [-0.15, -0.1) is 0 Å². The first-order valence-corrected chi connectivity index (χ1v) is 13.8. The van der Waals surface area contributed by atoms with Crippen LogP contribution in [-0.4, -0.2) is 84.3 Å². The van der Waals surface area contributed by atoms with Crippen LogP contribution in [0, 0.1) is 0 Å². The maximum atomic E-state index is 12.8. The predicted octanol–water partition coefficient (Wildman–Crippen LogP) is -1.09. The molecule has 12 nitrogen and oxygen atoms in total. The SMILES string of the molecule is CN[C@@H](CCC(=O)NC(CCCCN)C(=O)NC(CSSCC(C=O)NI)C(N)=O)C(=O)O. The molecule has 15 heteroatoms. The molecule has 0 aliphatic carbocycles. The van der Waals surface area contributed by atoms with Crippen LogP contribution in [-0.2, 0) is 24.0 Å². The van der Waals surface area contributed by atoms with Gasteiger partial charge >= 0.3 is 5.97 Å². The Morgan fingerprint density at radius 2 is 1.70 bits per heavy atom. The molecule has 3 unspecified atom stereocenters. The lowest BCUT2D eigenvalue weighted by molar-refractivity contribution is -0.139. The van der Waals surface area contributed by atoms with Crippen molar-refractivity contribution in [2.45, 2.75) is 56.3 Å². The summed E-state index contributed by atoms with van der Waals surface area (Å²) in [6.45, 7) is 0.427. The topological polar surface area (TPSA) is 206 Å². The Morgan fingerprint density at radius 3 is 2.21 bits per heavy atom. The molecular formula is C18H33IN6O6S2. The van der Waals surface area contributed by atoms with E-state index in [4.69, 9.17) is 16.6 Å². The van der Waals surface area contributed by atoms with Crippen molar-refractivity contribution in [2.75, 3.05) is 25.1 Å². The number of carboxylic acid groups (broad SMARTS) is 1. The maximum Gasteiger partial charge on any atom is 0.320 e. The van der Waals surface area contributed by atoms with Crippen LogP contribution in [0.2, 0.25) is 0 Å². The van der Waals surface area contributed by atoms with Crippen LogP contribution < -0.4 is 30.9 Å². The van der Waals surface area contributed by atoms with Gasteiger partial charge < -0.3 is 37.3 Å². The Balaban J connectivity index is 4.92. The number of hydrogen-bond donors (Lipinski definition) is 7. The molecule has 0 aliphatic heterocycles. The van der Waals surface area contributed by atoms with E-state index in [9.17, 15) is 24.0 Å². The molecule has 0 fully saturated rings. The summed E-state index contributed by atoms with van der Waals surface area (Å²) < 4.78 is 2.80. The molecule has 4 atom stereocenters. The van der Waals surface area contributed by atoms with Gasteiger partial charge in [-0.3, -0.25) is 19.2 Å². The fourth-order valence-corrected chi connectivity index (χ4v) is 5.47. The molecule has 0 saturated heterocycles. The molecule has 0 rings (SSSR count). The number of carbonyl (C=O) groups excluding carboxylic acids is 4. The van der Waals surface area contributed by atoms with Crippen molar-refractivity contribution in [2.24, 2.45) is 11.5 Å². The lowest BCUT2D eigenvalue weighted by Gasteiger charge is -2.22. The van der Waals surface area contributed by atoms with Gasteiger partial charge in [-0.1, -0.05) is 21.6 Å². The molecule has 0 bridgehead atoms. The standard InChI is InChI=1S/C18H33IN6O6S2/c1-22-13(18(30)31)5-6-15(27)23-12(4-2-3-7-20)17(29)24-14(16(21)28)10-33-32-9-11(8-26)25-19/h8,11-14,22,25H,2-7,9-10,20H2,1H3,(H2,21,28)(H,23,27)(H,24,29)(H,30,31)/t11?,12?,13-,14?/m0/s1. The van der Waals surface area contributed by atoms with Crippen molar-refractivity contribution < 1.29 is 29.1 Å². The van der Waals surface area contributed by atoms with Crippen LogP contribution in [0.1, 0.15) is 32.1 Å². The minimum absolute atomic E-state index is 0.0560. The molecule has 0 saturated carbocycles. The molecule has 0 heterocycles. The van der Waals surface area contributed by atoms with E-state index in [0.29, 0.717) is 31.6 Å². The number of carbonyl (C=O) groups is 5. The third-order valence-corrected chi connectivity index (χ3v) is 7.68. The van der Waals surface area contributed by atoms with Crippen molar-refractivity contribution in [1.29, 1.82) is 0 Å². The lowest BCUT2D eigenvalue weighted by atomic mass is 10.1. The molecule has 3 amide bonds. The highest BCUT2D eigenvalue weighted by Crippen LogP contribution is 2.23. The van der Waals surface area contributed by atoms with Crippen molar-refractivity contribution >= 4 is 74.4 Å². The van der Waals surface area contributed by atoms with Crippen molar-refractivity contribution in [3.63, 3.8) is 0 Å². The van der Waals surface area contributed by atoms with Gasteiger partial charge in [-0.2, -0.15) is 0 Å². The Labute approximate surface area is 215 Å². The first-order chi connectivity index (χ1) is 15.7. The van der Waals surface area contributed by atoms with Gasteiger partial charge in [0.2, 0.25) is 17.7 Å². The molecular weight excluding hydrogens is 587 g/mol. The number of likely N-dealkylation sites (N-methyl/N-ethyl adjacent to an activating group) is 1. The highest BCUT2D eigenvalue weighted by atomic mass is 127. The summed E-state index contributed by atoms with van der Waals surface area (Å²) in [6.07, 6.45) is 2.27. The number of aliphatic carboxylic acids is 1. The summed E-state index contributed by atoms with van der Waals surface area (Å²) in [5, 5.41) is 16.8. The molecule has 0 spiro atoms. The molecule has 190 valence electrons. The van der Waals surface area contributed by atoms with Gasteiger partial charge in [0.05, 0.1) is 6.04 Å². The highest BCUT2D eigenvalue weighted by Gasteiger charge is 2.26. The summed E-state index contributed by atoms with van der Waals surface area (Å²) in [5.41, 5.74) is 10.9. The van der Waals surface area contributed by atoms with Crippen molar-refractivity contribution in [1.82, 2.24) is 19.5 Å². The van der Waals surface area contributed by atoms with Crippen LogP contribution in [0.3, 0.4) is 0 Å². The van der Waals surface area contributed by atoms with E-state index in [1.165, 1.54) is 28.6 Å². The molecule has 9 N–H and O–H groups in total. The van der Waals surface area contributed by atoms with E-state index >= 15 is 0 Å². The number of carboxylic acids is 1. The normalized spacial score (nSPS) is 14.5. The molecule has 0 aromatic carbocycles. The molecule has 0 aromatic rings. The van der Waals surface area contributed by atoms with Crippen LogP contribution in [0.25, 0.3) is 0 Å². The van der Waals surface area contributed by atoms with Gasteiger partial charge in [-0.25, -0.2) is 3.53 Å². The van der Waals surface area contributed by atoms with Crippen LogP contribution in [0.5, 0.6) is 0 Å². The van der Waals surface area contributed by atoms with Crippen molar-refractivity contribution in [3.8, 4) is 0 Å². The maximum absolute atomic E-state index is 12.8. The van der Waals surface area contributed by atoms with Gasteiger partial charge in [-0.05, 0) is 39.3 Å². The van der Waals surface area contributed by atoms with Gasteiger partial charge in [0.25, 0.3) is 0 Å². The Bertz CT molecular complexity index is 648. The zero-order chi connectivity index (χ0) is 25.2. The molecule has 33 heavy (non-hydrogen) atoms. The predicted molar refractivity (Wildman–Crippen MR) is 138 cm³/mol. The molecule has 0 radical (unpaired) electrons. The fourth-order valence-electron chi connectivity index (χ4n) is 2.50. The third kappa shape index (κ3) is 14.7. The first kappa shape index (κ1) is 31.9. The Hall–Kier alpha value is -1.14. The average molecular weight is 621 g/mol. The number of hydrogen-bond acceptors (Lipinski definition) is 10. The number of rotatable bonds is 20. The first-order valence-electron chi connectivity index (χ1n) is 10.2. The van der Waals surface area contributed by atoms with E-state index in [-0.39, 0.29) is 24.6 Å². The number of amides is 3. The lowest BCUT2D eigenvalue weighted by Crippen LogP contribution is -2.53. The summed E-state index contributed by atoms with van der Waals surface area (Å²) in [4.78, 5) is 58.8. The number of aldehydes is 1. The zero-order valence-corrected chi connectivity index (χ0v) is 22.2. The fraction of sp³-hybridized carbons (Fsp3) is 0.722. The number of primary amides is 1. The van der Waals surface area contributed by atoms with Crippen LogP contribution in [0.15, 0.2) is 0 Å². The summed E-state index contributed by atoms with van der Waals surface area (Å²) in [6, 6.07) is -3.10. The van der Waals surface area contributed by atoms with E-state index in [0.717, 1.165) is 6.29 Å². The smallest absolute Gasteiger partial charge is 0.320 e. The quantitative estimate of drug-likeness (QED) is 0.0286. The second-order valence-corrected chi connectivity index (χ2v) is 10.2. The summed E-state index contributed by atoms with van der Waals surface area (Å²) in [7, 11) is 4.12.